The van der Waals surface area contributed by atoms with Crippen LogP contribution in [0.4, 0.5) is 0 Å². The Kier molecular flexibility index (Phi) is 2.17. The topological polar surface area (TPSA) is 26.9 Å². The van der Waals surface area contributed by atoms with Crippen molar-refractivity contribution >= 4 is 11.6 Å². The van der Waals surface area contributed by atoms with Gasteiger partial charge >= 0.3 is 5.69 Å². The van der Waals surface area contributed by atoms with Crippen LogP contribution >= 0.6 is 11.6 Å². The lowest BCUT2D eigenvalue weighted by atomic mass is 10.3. The van der Waals surface area contributed by atoms with Crippen molar-refractivity contribution in [2.24, 2.45) is 7.05 Å². The zero-order valence-electron chi connectivity index (χ0n) is 7.64. The van der Waals surface area contributed by atoms with Gasteiger partial charge in [0.1, 0.15) is 0 Å². The minimum absolute atomic E-state index is 0.0627. The Bertz CT molecular complexity index is 496. The van der Waals surface area contributed by atoms with Crippen molar-refractivity contribution in [2.45, 2.75) is 0 Å². The predicted molar refractivity (Wildman–Crippen MR) is 56.0 cm³/mol. The summed E-state index contributed by atoms with van der Waals surface area (Å²) in [5, 5.41) is 0.665. The maximum Gasteiger partial charge on any atom is 0.332 e. The summed E-state index contributed by atoms with van der Waals surface area (Å²) in [5.41, 5.74) is 0.757. The van der Waals surface area contributed by atoms with Gasteiger partial charge in [0.25, 0.3) is 0 Å². The highest BCUT2D eigenvalue weighted by Gasteiger charge is 2.01. The van der Waals surface area contributed by atoms with Gasteiger partial charge in [-0.25, -0.2) is 4.79 Å². The Morgan fingerprint density at radius 1 is 1.14 bits per heavy atom. The fourth-order valence-corrected chi connectivity index (χ4v) is 1.39. The standard InChI is InChI=1S/C10H9ClN2O/c1-12-6-7-13(10(12)14)9-4-2-8(11)3-5-9/h2-7H,1H3. The monoisotopic (exact) mass is 208 g/mol. The van der Waals surface area contributed by atoms with E-state index in [2.05, 4.69) is 0 Å². The molecule has 0 radical (unpaired) electrons. The number of aromatic nitrogens is 2. The lowest BCUT2D eigenvalue weighted by Crippen LogP contribution is -2.20. The largest absolute Gasteiger partial charge is 0.332 e. The number of halogens is 1. The third-order valence-electron chi connectivity index (χ3n) is 2.05. The molecule has 1 heterocycles. The third kappa shape index (κ3) is 1.46. The van der Waals surface area contributed by atoms with Crippen molar-refractivity contribution in [2.75, 3.05) is 0 Å². The van der Waals surface area contributed by atoms with E-state index in [9.17, 15) is 4.79 Å². The molecule has 0 amide bonds. The van der Waals surface area contributed by atoms with Gasteiger partial charge < -0.3 is 4.57 Å². The average molecular weight is 209 g/mol. The quantitative estimate of drug-likeness (QED) is 0.703. The molecule has 0 spiro atoms. The fraction of sp³-hybridized carbons (Fsp3) is 0.100. The molecule has 0 aliphatic carbocycles. The van der Waals surface area contributed by atoms with Crippen LogP contribution in [0.2, 0.25) is 5.02 Å². The molecule has 0 saturated carbocycles. The van der Waals surface area contributed by atoms with Gasteiger partial charge in [0, 0.05) is 24.5 Å². The molecule has 0 unspecified atom stereocenters. The summed E-state index contributed by atoms with van der Waals surface area (Å²) < 4.78 is 3.09. The Balaban J connectivity index is 2.55. The van der Waals surface area contributed by atoms with E-state index in [0.29, 0.717) is 5.02 Å². The van der Waals surface area contributed by atoms with Crippen LogP contribution in [0.25, 0.3) is 5.69 Å². The molecular weight excluding hydrogens is 200 g/mol. The van der Waals surface area contributed by atoms with Crippen molar-refractivity contribution in [1.82, 2.24) is 9.13 Å². The lowest BCUT2D eigenvalue weighted by Gasteiger charge is -2.00. The first-order valence-corrected chi connectivity index (χ1v) is 4.56. The number of hydrogen-bond acceptors (Lipinski definition) is 1. The van der Waals surface area contributed by atoms with Crippen LogP contribution in [0, 0.1) is 0 Å². The van der Waals surface area contributed by atoms with Gasteiger partial charge in [0.2, 0.25) is 0 Å². The van der Waals surface area contributed by atoms with E-state index in [0.717, 1.165) is 5.69 Å². The Morgan fingerprint density at radius 2 is 1.79 bits per heavy atom. The van der Waals surface area contributed by atoms with Gasteiger partial charge in [-0.2, -0.15) is 0 Å². The van der Waals surface area contributed by atoms with E-state index >= 15 is 0 Å². The second kappa shape index (κ2) is 3.35. The number of imidazole rings is 1. The molecule has 2 rings (SSSR count). The van der Waals surface area contributed by atoms with Crippen molar-refractivity contribution in [3.8, 4) is 5.69 Å². The number of benzene rings is 1. The van der Waals surface area contributed by atoms with E-state index in [4.69, 9.17) is 11.6 Å². The van der Waals surface area contributed by atoms with E-state index in [-0.39, 0.29) is 5.69 Å². The lowest BCUT2D eigenvalue weighted by molar-refractivity contribution is 0.824. The fourth-order valence-electron chi connectivity index (χ4n) is 1.26. The van der Waals surface area contributed by atoms with Crippen molar-refractivity contribution in [1.29, 1.82) is 0 Å². The van der Waals surface area contributed by atoms with Crippen molar-refractivity contribution in [3.05, 3.63) is 52.2 Å². The third-order valence-corrected chi connectivity index (χ3v) is 2.30. The first-order chi connectivity index (χ1) is 6.68. The first-order valence-electron chi connectivity index (χ1n) is 4.18. The van der Waals surface area contributed by atoms with Crippen LogP contribution in [-0.4, -0.2) is 9.13 Å². The highest BCUT2D eigenvalue weighted by molar-refractivity contribution is 6.30. The summed E-state index contributed by atoms with van der Waals surface area (Å²) in [4.78, 5) is 11.5. The van der Waals surface area contributed by atoms with Gasteiger partial charge in [-0.3, -0.25) is 4.57 Å². The minimum atomic E-state index is -0.0627. The molecule has 0 atom stereocenters. The Morgan fingerprint density at radius 3 is 2.29 bits per heavy atom. The zero-order chi connectivity index (χ0) is 10.1. The van der Waals surface area contributed by atoms with Gasteiger partial charge in [-0.05, 0) is 24.3 Å². The molecule has 0 aliphatic rings. The van der Waals surface area contributed by atoms with E-state index in [1.54, 1.807) is 36.1 Å². The van der Waals surface area contributed by atoms with Crippen molar-refractivity contribution in [3.63, 3.8) is 0 Å². The minimum Gasteiger partial charge on any atom is -0.302 e. The van der Waals surface area contributed by atoms with Crippen LogP contribution in [0.1, 0.15) is 0 Å². The highest BCUT2D eigenvalue weighted by Crippen LogP contribution is 2.11. The molecule has 2 aromatic rings. The molecule has 0 saturated heterocycles. The molecule has 0 N–H and O–H groups in total. The summed E-state index contributed by atoms with van der Waals surface area (Å²) >= 11 is 5.75. The molecule has 4 heteroatoms. The van der Waals surface area contributed by atoms with Gasteiger partial charge in [-0.15, -0.1) is 0 Å². The summed E-state index contributed by atoms with van der Waals surface area (Å²) in [6.45, 7) is 0. The maximum atomic E-state index is 11.5. The van der Waals surface area contributed by atoms with Crippen LogP contribution < -0.4 is 5.69 Å². The second-order valence-corrected chi connectivity index (χ2v) is 3.47. The summed E-state index contributed by atoms with van der Waals surface area (Å²) in [6, 6.07) is 7.14. The number of nitrogens with zero attached hydrogens (tertiary/aromatic N) is 2. The molecule has 0 aliphatic heterocycles. The molecular formula is C10H9ClN2O. The van der Waals surface area contributed by atoms with Crippen LogP contribution in [0.15, 0.2) is 41.5 Å². The van der Waals surface area contributed by atoms with Crippen LogP contribution in [0.3, 0.4) is 0 Å². The summed E-state index contributed by atoms with van der Waals surface area (Å²) in [5.74, 6) is 0. The van der Waals surface area contributed by atoms with Gasteiger partial charge in [0.15, 0.2) is 0 Å². The first kappa shape index (κ1) is 9.09. The van der Waals surface area contributed by atoms with E-state index < -0.39 is 0 Å². The van der Waals surface area contributed by atoms with Crippen LogP contribution in [-0.2, 0) is 7.05 Å². The van der Waals surface area contributed by atoms with Crippen LogP contribution in [0.5, 0.6) is 0 Å². The van der Waals surface area contributed by atoms with Crippen molar-refractivity contribution < 1.29 is 0 Å². The van der Waals surface area contributed by atoms with Gasteiger partial charge in [0.05, 0.1) is 5.69 Å². The number of rotatable bonds is 1. The maximum absolute atomic E-state index is 11.5. The predicted octanol–water partition coefficient (Wildman–Crippen LogP) is 1.83. The molecule has 0 bridgehead atoms. The van der Waals surface area contributed by atoms with E-state index in [1.807, 2.05) is 12.1 Å². The Hall–Kier alpha value is -1.48. The van der Waals surface area contributed by atoms with E-state index in [1.165, 1.54) is 4.57 Å². The number of aryl methyl sites for hydroxylation is 1. The highest BCUT2D eigenvalue weighted by atomic mass is 35.5. The zero-order valence-corrected chi connectivity index (χ0v) is 8.40. The number of hydrogen-bond donors (Lipinski definition) is 0. The summed E-state index contributed by atoms with van der Waals surface area (Å²) in [7, 11) is 1.72. The molecule has 1 aromatic carbocycles. The summed E-state index contributed by atoms with van der Waals surface area (Å²) in [6.07, 6.45) is 3.45. The molecule has 3 nitrogen and oxygen atoms in total. The molecule has 14 heavy (non-hydrogen) atoms. The smallest absolute Gasteiger partial charge is 0.302 e. The normalized spacial score (nSPS) is 10.4. The molecule has 1 aromatic heterocycles. The molecule has 0 fully saturated rings. The molecule has 72 valence electrons. The van der Waals surface area contributed by atoms with Gasteiger partial charge in [-0.1, -0.05) is 11.6 Å². The average Bonchev–Trinajstić information content (AvgIpc) is 2.50. The Labute approximate surface area is 86.2 Å². The SMILES string of the molecule is Cn1ccn(-c2ccc(Cl)cc2)c1=O. The second-order valence-electron chi connectivity index (χ2n) is 3.04.